The van der Waals surface area contributed by atoms with Crippen molar-refractivity contribution in [1.82, 2.24) is 4.98 Å². The molecule has 1 aliphatic carbocycles. The second-order valence-corrected chi connectivity index (χ2v) is 13.1. The Morgan fingerprint density at radius 3 is 2.36 bits per heavy atom. The van der Waals surface area contributed by atoms with Crippen molar-refractivity contribution in [2.24, 2.45) is 10.8 Å². The van der Waals surface area contributed by atoms with E-state index in [0.717, 1.165) is 31.4 Å². The van der Waals surface area contributed by atoms with Crippen molar-refractivity contribution in [1.29, 1.82) is 0 Å². The highest BCUT2D eigenvalue weighted by Gasteiger charge is 2.51. The largest absolute Gasteiger partial charge is 0.419 e. The lowest BCUT2D eigenvalue weighted by Crippen LogP contribution is -2.35. The van der Waals surface area contributed by atoms with Crippen molar-refractivity contribution in [3.63, 3.8) is 0 Å². The van der Waals surface area contributed by atoms with E-state index in [-0.39, 0.29) is 26.8 Å². The van der Waals surface area contributed by atoms with Crippen molar-refractivity contribution < 1.29 is 12.8 Å². The number of fused-ring (bicyclic) bond motifs is 2. The maximum atomic E-state index is 13.8. The lowest BCUT2D eigenvalue weighted by molar-refractivity contribution is 0.136. The first-order chi connectivity index (χ1) is 15.5. The van der Waals surface area contributed by atoms with Gasteiger partial charge in [-0.05, 0) is 73.4 Å². The Balaban J connectivity index is 1.65. The molecule has 0 radical (unpaired) electrons. The first-order valence-electron chi connectivity index (χ1n) is 11.3. The minimum Gasteiger partial charge on any atom is -0.419 e. The number of aryl methyl sites for hydroxylation is 1. The van der Waals surface area contributed by atoms with Crippen LogP contribution in [-0.4, -0.2) is 26.0 Å². The molecule has 0 N–H and O–H groups in total. The lowest BCUT2D eigenvalue weighted by Gasteiger charge is -2.39. The van der Waals surface area contributed by atoms with E-state index in [2.05, 4.69) is 30.7 Å². The Hall–Kier alpha value is -2.31. The van der Waals surface area contributed by atoms with Crippen molar-refractivity contribution in [3.05, 3.63) is 59.1 Å². The number of hydrogen-bond acceptors (Lipinski definition) is 5. The fourth-order valence-electron chi connectivity index (χ4n) is 5.90. The van der Waals surface area contributed by atoms with Gasteiger partial charge in [-0.25, -0.2) is 8.42 Å². The fraction of sp³-hybridized carbons (Fsp3) is 0.423. The van der Waals surface area contributed by atoms with Crippen LogP contribution in [0.2, 0.25) is 5.02 Å². The predicted octanol–water partition coefficient (Wildman–Crippen LogP) is 6.54. The van der Waals surface area contributed by atoms with E-state index in [1.54, 1.807) is 48.5 Å². The van der Waals surface area contributed by atoms with Crippen LogP contribution >= 0.6 is 11.6 Å². The van der Waals surface area contributed by atoms with E-state index in [1.807, 2.05) is 6.92 Å². The normalized spacial score (nSPS) is 24.3. The third kappa shape index (κ3) is 4.08. The number of nitrogens with zero attached hydrogens (tertiary/aromatic N) is 2. The van der Waals surface area contributed by atoms with Crippen molar-refractivity contribution in [2.75, 3.05) is 11.4 Å². The van der Waals surface area contributed by atoms with E-state index in [4.69, 9.17) is 16.0 Å². The van der Waals surface area contributed by atoms with Crippen LogP contribution in [0.3, 0.4) is 0 Å². The molecule has 5 rings (SSSR count). The monoisotopic (exact) mass is 484 g/mol. The van der Waals surface area contributed by atoms with E-state index >= 15 is 0 Å². The molecule has 2 bridgehead atoms. The summed E-state index contributed by atoms with van der Waals surface area (Å²) in [5.41, 5.74) is 2.01. The minimum absolute atomic E-state index is 0.00902. The van der Waals surface area contributed by atoms with Crippen LogP contribution in [-0.2, 0) is 9.84 Å². The minimum atomic E-state index is -3.87. The molecule has 2 atom stereocenters. The Labute approximate surface area is 200 Å². The van der Waals surface area contributed by atoms with Gasteiger partial charge in [0.1, 0.15) is 0 Å². The van der Waals surface area contributed by atoms with Gasteiger partial charge < -0.3 is 9.32 Å². The van der Waals surface area contributed by atoms with Gasteiger partial charge in [-0.15, -0.1) is 0 Å². The summed E-state index contributed by atoms with van der Waals surface area (Å²) in [5, 5.41) is 0.590. The maximum absolute atomic E-state index is 13.8. The average Bonchev–Trinajstić information content (AvgIpc) is 3.27. The summed E-state index contributed by atoms with van der Waals surface area (Å²) in [5.74, 6) is 0.644. The highest BCUT2D eigenvalue weighted by atomic mass is 35.5. The molecule has 3 aromatic rings. The van der Waals surface area contributed by atoms with Crippen LogP contribution in [0.25, 0.3) is 11.5 Å². The Kier molecular flexibility index (Phi) is 5.18. The zero-order valence-corrected chi connectivity index (χ0v) is 21.0. The van der Waals surface area contributed by atoms with Gasteiger partial charge in [0, 0.05) is 23.2 Å². The Morgan fingerprint density at radius 1 is 1.03 bits per heavy atom. The summed E-state index contributed by atoms with van der Waals surface area (Å²) in [6.07, 6.45) is 3.12. The van der Waals surface area contributed by atoms with Crippen molar-refractivity contribution >= 4 is 27.3 Å². The van der Waals surface area contributed by atoms with Crippen molar-refractivity contribution in [2.45, 2.75) is 62.9 Å². The standard InChI is InChI=1S/C26H29ClN2O3S/c1-17-5-11-21(12-6-17)33(30,31)23-24(32-22(28-23)18-7-9-19(27)10-8-18)29-16-26(4)14-20(29)13-25(2,3)15-26/h5-12,20H,13-16H2,1-4H3/t20-,26+/m1/s1. The van der Waals surface area contributed by atoms with E-state index in [1.165, 1.54) is 0 Å². The van der Waals surface area contributed by atoms with Crippen LogP contribution in [0.15, 0.2) is 62.9 Å². The summed E-state index contributed by atoms with van der Waals surface area (Å²) in [6, 6.07) is 14.2. The molecule has 1 saturated carbocycles. The Bertz CT molecular complexity index is 1300. The third-order valence-electron chi connectivity index (χ3n) is 6.93. The maximum Gasteiger partial charge on any atom is 0.236 e. The second-order valence-electron chi connectivity index (χ2n) is 10.8. The molecular weight excluding hydrogens is 456 g/mol. The predicted molar refractivity (Wildman–Crippen MR) is 130 cm³/mol. The number of benzene rings is 2. The molecule has 174 valence electrons. The summed E-state index contributed by atoms with van der Waals surface area (Å²) >= 11 is 6.05. The molecule has 1 aromatic heterocycles. The highest BCUT2D eigenvalue weighted by molar-refractivity contribution is 7.91. The van der Waals surface area contributed by atoms with Crippen LogP contribution < -0.4 is 4.90 Å². The number of hydrogen-bond donors (Lipinski definition) is 0. The summed E-state index contributed by atoms with van der Waals surface area (Å²) in [6.45, 7) is 9.58. The summed E-state index contributed by atoms with van der Waals surface area (Å²) < 4.78 is 33.8. The van der Waals surface area contributed by atoms with Gasteiger partial charge in [-0.2, -0.15) is 4.98 Å². The number of oxazole rings is 1. The molecule has 2 heterocycles. The number of aromatic nitrogens is 1. The third-order valence-corrected chi connectivity index (χ3v) is 8.85. The average molecular weight is 485 g/mol. The van der Waals surface area contributed by atoms with Gasteiger partial charge in [-0.1, -0.05) is 50.1 Å². The van der Waals surface area contributed by atoms with E-state index in [9.17, 15) is 8.42 Å². The second kappa shape index (κ2) is 7.60. The fourth-order valence-corrected chi connectivity index (χ4v) is 7.33. The van der Waals surface area contributed by atoms with Crippen LogP contribution in [0, 0.1) is 17.8 Å². The molecule has 0 amide bonds. The zero-order valence-electron chi connectivity index (χ0n) is 19.4. The number of anilines is 1. The van der Waals surface area contributed by atoms with Gasteiger partial charge in [0.15, 0.2) is 0 Å². The van der Waals surface area contributed by atoms with Gasteiger partial charge in [0.25, 0.3) is 0 Å². The van der Waals surface area contributed by atoms with E-state index < -0.39 is 9.84 Å². The molecule has 2 fully saturated rings. The topological polar surface area (TPSA) is 63.4 Å². The Morgan fingerprint density at radius 2 is 1.70 bits per heavy atom. The lowest BCUT2D eigenvalue weighted by atomic mass is 9.65. The SMILES string of the molecule is Cc1ccc(S(=O)(=O)c2nc(-c3ccc(Cl)cc3)oc2N2C[C@@]3(C)C[C@H]2CC(C)(C)C3)cc1. The smallest absolute Gasteiger partial charge is 0.236 e. The highest BCUT2D eigenvalue weighted by Crippen LogP contribution is 2.54. The molecule has 33 heavy (non-hydrogen) atoms. The molecule has 5 nitrogen and oxygen atoms in total. The van der Waals surface area contributed by atoms with Gasteiger partial charge >= 0.3 is 0 Å². The van der Waals surface area contributed by atoms with Crippen LogP contribution in [0.5, 0.6) is 0 Å². The van der Waals surface area contributed by atoms with Crippen LogP contribution in [0.4, 0.5) is 5.88 Å². The van der Waals surface area contributed by atoms with Gasteiger partial charge in [-0.3, -0.25) is 0 Å². The van der Waals surface area contributed by atoms with Gasteiger partial charge in [0.2, 0.25) is 26.6 Å². The quantitative estimate of drug-likeness (QED) is 0.420. The molecule has 7 heteroatoms. The molecular formula is C26H29ClN2O3S. The van der Waals surface area contributed by atoms with Crippen molar-refractivity contribution in [3.8, 4) is 11.5 Å². The molecule has 1 saturated heterocycles. The summed E-state index contributed by atoms with van der Waals surface area (Å²) in [7, 11) is -3.87. The van der Waals surface area contributed by atoms with Gasteiger partial charge in [0.05, 0.1) is 4.90 Å². The van der Waals surface area contributed by atoms with E-state index in [0.29, 0.717) is 22.4 Å². The zero-order chi connectivity index (χ0) is 23.6. The molecule has 2 aliphatic rings. The molecule has 2 aromatic carbocycles. The number of halogens is 1. The molecule has 0 spiro atoms. The molecule has 0 unspecified atom stereocenters. The van der Waals surface area contributed by atoms with Crippen LogP contribution in [0.1, 0.15) is 45.6 Å². The number of sulfone groups is 1. The number of rotatable bonds is 4. The first kappa shape index (κ1) is 22.5. The molecule has 1 aliphatic heterocycles. The summed E-state index contributed by atoms with van der Waals surface area (Å²) in [4.78, 5) is 6.94. The first-order valence-corrected chi connectivity index (χ1v) is 13.2.